The first-order chi connectivity index (χ1) is 10.4. The molecule has 0 saturated heterocycles. The number of carbonyl (C=O) groups excluding carboxylic acids is 2. The number of aromatic nitrogens is 2. The van der Waals surface area contributed by atoms with Gasteiger partial charge in [-0.3, -0.25) is 4.79 Å². The van der Waals surface area contributed by atoms with Gasteiger partial charge in [-0.2, -0.15) is 0 Å². The molecule has 0 spiro atoms. The van der Waals surface area contributed by atoms with Gasteiger partial charge in [-0.1, -0.05) is 6.07 Å². The fourth-order valence-corrected chi connectivity index (χ4v) is 2.17. The summed E-state index contributed by atoms with van der Waals surface area (Å²) in [7, 11) is 0. The lowest BCUT2D eigenvalue weighted by Crippen LogP contribution is -2.15. The van der Waals surface area contributed by atoms with Gasteiger partial charge in [-0.15, -0.1) is 0 Å². The predicted octanol–water partition coefficient (Wildman–Crippen LogP) is 2.84. The van der Waals surface area contributed by atoms with Crippen LogP contribution in [-0.2, 0) is 4.74 Å². The maximum Gasteiger partial charge on any atom is 0.340 e. The van der Waals surface area contributed by atoms with Crippen LogP contribution < -0.4 is 5.32 Å². The summed E-state index contributed by atoms with van der Waals surface area (Å²) in [4.78, 5) is 31.4. The molecule has 6 heteroatoms. The number of hydrogen-bond acceptors (Lipinski definition) is 4. The molecule has 2 rings (SSSR count). The number of nitrogens with one attached hydrogen (secondary N) is 2. The monoisotopic (exact) mass is 301 g/mol. The van der Waals surface area contributed by atoms with Crippen molar-refractivity contribution in [3.63, 3.8) is 0 Å². The first-order valence-corrected chi connectivity index (χ1v) is 7.02. The highest BCUT2D eigenvalue weighted by molar-refractivity contribution is 6.06. The number of ether oxygens (including phenoxy) is 1. The highest BCUT2D eigenvalue weighted by Gasteiger charge is 2.23. The summed E-state index contributed by atoms with van der Waals surface area (Å²) in [5, 5.41) is 2.69. The molecule has 2 heterocycles. The van der Waals surface area contributed by atoms with Gasteiger partial charge < -0.3 is 15.0 Å². The van der Waals surface area contributed by atoms with E-state index in [2.05, 4.69) is 15.3 Å². The molecule has 2 aromatic heterocycles. The number of rotatable bonds is 4. The van der Waals surface area contributed by atoms with E-state index in [1.165, 1.54) is 0 Å². The third-order valence-corrected chi connectivity index (χ3v) is 3.12. The van der Waals surface area contributed by atoms with Gasteiger partial charge in [0.2, 0.25) is 0 Å². The molecular formula is C16H19N3O3. The lowest BCUT2D eigenvalue weighted by Gasteiger charge is -2.08. The molecule has 0 atom stereocenters. The number of aromatic amines is 1. The van der Waals surface area contributed by atoms with Crippen LogP contribution >= 0.6 is 0 Å². The van der Waals surface area contributed by atoms with E-state index in [0.29, 0.717) is 28.3 Å². The maximum absolute atomic E-state index is 12.3. The van der Waals surface area contributed by atoms with Crippen LogP contribution in [0.3, 0.4) is 0 Å². The summed E-state index contributed by atoms with van der Waals surface area (Å²) < 4.78 is 5.21. The minimum absolute atomic E-state index is 0.216. The molecule has 1 amide bonds. The molecule has 0 aliphatic carbocycles. The van der Waals surface area contributed by atoms with E-state index in [4.69, 9.17) is 4.74 Å². The first-order valence-electron chi connectivity index (χ1n) is 7.02. The summed E-state index contributed by atoms with van der Waals surface area (Å²) in [5.41, 5.74) is 1.91. The van der Waals surface area contributed by atoms with E-state index in [9.17, 15) is 9.59 Å². The molecule has 2 aromatic rings. The van der Waals surface area contributed by atoms with Crippen LogP contribution in [0.25, 0.3) is 0 Å². The summed E-state index contributed by atoms with van der Waals surface area (Å²) in [6.07, 6.45) is 1.38. The van der Waals surface area contributed by atoms with Gasteiger partial charge in [-0.25, -0.2) is 9.78 Å². The van der Waals surface area contributed by atoms with Crippen LogP contribution in [0.5, 0.6) is 0 Å². The molecule has 0 radical (unpaired) electrons. The second-order valence-electron chi connectivity index (χ2n) is 5.25. The second-order valence-corrected chi connectivity index (χ2v) is 5.25. The van der Waals surface area contributed by atoms with Crippen molar-refractivity contribution in [2.75, 3.05) is 5.32 Å². The Hall–Kier alpha value is -2.63. The Bertz CT molecular complexity index is 690. The zero-order valence-electron chi connectivity index (χ0n) is 13.1. The van der Waals surface area contributed by atoms with Gasteiger partial charge in [0.25, 0.3) is 5.91 Å². The summed E-state index contributed by atoms with van der Waals surface area (Å²) in [6.45, 7) is 7.02. The number of carbonyl (C=O) groups is 2. The average Bonchev–Trinajstić information content (AvgIpc) is 2.74. The number of H-pyrrole nitrogens is 1. The Balaban J connectivity index is 2.26. The predicted molar refractivity (Wildman–Crippen MR) is 83.0 cm³/mol. The molecule has 0 saturated carbocycles. The number of pyridine rings is 1. The molecule has 2 N–H and O–H groups in total. The Morgan fingerprint density at radius 1 is 1.27 bits per heavy atom. The molecule has 0 bridgehead atoms. The first kappa shape index (κ1) is 15.8. The zero-order chi connectivity index (χ0) is 16.3. The van der Waals surface area contributed by atoms with Crippen molar-refractivity contribution < 1.29 is 14.3 Å². The third kappa shape index (κ3) is 3.33. The molecule has 0 aliphatic rings. The van der Waals surface area contributed by atoms with E-state index in [0.717, 1.165) is 0 Å². The zero-order valence-corrected chi connectivity index (χ0v) is 13.1. The van der Waals surface area contributed by atoms with E-state index in [-0.39, 0.29) is 12.0 Å². The Morgan fingerprint density at radius 3 is 2.59 bits per heavy atom. The van der Waals surface area contributed by atoms with E-state index >= 15 is 0 Å². The smallest absolute Gasteiger partial charge is 0.340 e. The van der Waals surface area contributed by atoms with Crippen LogP contribution in [0, 0.1) is 13.8 Å². The van der Waals surface area contributed by atoms with Crippen molar-refractivity contribution in [2.45, 2.75) is 33.8 Å². The number of amides is 1. The maximum atomic E-state index is 12.3. The van der Waals surface area contributed by atoms with Crippen molar-refractivity contribution in [1.29, 1.82) is 0 Å². The molecule has 116 valence electrons. The van der Waals surface area contributed by atoms with Gasteiger partial charge >= 0.3 is 5.97 Å². The second kappa shape index (κ2) is 6.43. The minimum Gasteiger partial charge on any atom is -0.459 e. The highest BCUT2D eigenvalue weighted by atomic mass is 16.5. The van der Waals surface area contributed by atoms with Crippen molar-refractivity contribution in [3.05, 3.63) is 46.9 Å². The number of anilines is 1. The third-order valence-electron chi connectivity index (χ3n) is 3.12. The molecule has 0 aliphatic heterocycles. The number of hydrogen-bond donors (Lipinski definition) is 2. The highest BCUT2D eigenvalue weighted by Crippen LogP contribution is 2.20. The van der Waals surface area contributed by atoms with Crippen LogP contribution in [0.15, 0.2) is 24.4 Å². The lowest BCUT2D eigenvalue weighted by atomic mass is 10.1. The molecule has 0 aromatic carbocycles. The quantitative estimate of drug-likeness (QED) is 0.850. The number of esters is 1. The largest absolute Gasteiger partial charge is 0.459 e. The summed E-state index contributed by atoms with van der Waals surface area (Å²) in [6, 6.07) is 5.23. The van der Waals surface area contributed by atoms with Crippen molar-refractivity contribution in [3.8, 4) is 0 Å². The number of nitrogens with zero attached hydrogens (tertiary/aromatic N) is 1. The van der Waals surface area contributed by atoms with Crippen molar-refractivity contribution in [1.82, 2.24) is 9.97 Å². The fraction of sp³-hybridized carbons (Fsp3) is 0.312. The van der Waals surface area contributed by atoms with E-state index in [1.54, 1.807) is 52.1 Å². The average molecular weight is 301 g/mol. The molecular weight excluding hydrogens is 282 g/mol. The summed E-state index contributed by atoms with van der Waals surface area (Å²) in [5.74, 6) is -0.327. The van der Waals surface area contributed by atoms with Gasteiger partial charge in [0, 0.05) is 11.9 Å². The fourth-order valence-electron chi connectivity index (χ4n) is 2.17. The van der Waals surface area contributed by atoms with Crippen LogP contribution in [0.1, 0.15) is 46.0 Å². The lowest BCUT2D eigenvalue weighted by molar-refractivity contribution is 0.0376. The van der Waals surface area contributed by atoms with Crippen molar-refractivity contribution in [2.24, 2.45) is 0 Å². The molecule has 0 unspecified atom stereocenters. The normalized spacial score (nSPS) is 10.6. The van der Waals surface area contributed by atoms with Gasteiger partial charge in [-0.05, 0) is 45.4 Å². The van der Waals surface area contributed by atoms with Gasteiger partial charge in [0.1, 0.15) is 11.5 Å². The molecule has 6 nitrogen and oxygen atoms in total. The SMILES string of the molecule is Cc1[nH]c(C(=O)Nc2ccccn2)c(C)c1C(=O)OC(C)C. The van der Waals surface area contributed by atoms with E-state index in [1.807, 2.05) is 0 Å². The van der Waals surface area contributed by atoms with Crippen LogP contribution in [0.2, 0.25) is 0 Å². The Morgan fingerprint density at radius 2 is 2.00 bits per heavy atom. The Kier molecular flexibility index (Phi) is 4.60. The molecule has 0 fully saturated rings. The molecule has 22 heavy (non-hydrogen) atoms. The number of aryl methyl sites for hydroxylation is 1. The summed E-state index contributed by atoms with van der Waals surface area (Å²) >= 11 is 0. The topological polar surface area (TPSA) is 84.1 Å². The Labute approximate surface area is 128 Å². The van der Waals surface area contributed by atoms with E-state index < -0.39 is 5.97 Å². The standard InChI is InChI=1S/C16H19N3O3/c1-9(2)22-16(21)13-10(3)14(18-11(13)4)15(20)19-12-7-5-6-8-17-12/h5-9,18H,1-4H3,(H,17,19,20). The van der Waals surface area contributed by atoms with Gasteiger partial charge in [0.15, 0.2) is 0 Å². The minimum atomic E-state index is -0.432. The van der Waals surface area contributed by atoms with Gasteiger partial charge in [0.05, 0.1) is 11.7 Å². The van der Waals surface area contributed by atoms with Crippen LogP contribution in [0.4, 0.5) is 5.82 Å². The van der Waals surface area contributed by atoms with Crippen LogP contribution in [-0.4, -0.2) is 27.9 Å². The van der Waals surface area contributed by atoms with Crippen molar-refractivity contribution >= 4 is 17.7 Å².